The van der Waals surface area contributed by atoms with Gasteiger partial charge in [-0.05, 0) is 110 Å². The summed E-state index contributed by atoms with van der Waals surface area (Å²) in [5.41, 5.74) is 8.47. The van der Waals surface area contributed by atoms with Gasteiger partial charge in [0.05, 0.1) is 7.11 Å². The molecule has 0 spiro atoms. The molecule has 0 N–H and O–H groups in total. The Morgan fingerprint density at radius 1 is 0.659 bits per heavy atom. The van der Waals surface area contributed by atoms with Crippen molar-refractivity contribution in [2.75, 3.05) is 7.11 Å². The maximum Gasteiger partial charge on any atom is 0.128 e. The topological polar surface area (TPSA) is 18.5 Å². The molecule has 0 aliphatic heterocycles. The van der Waals surface area contributed by atoms with Gasteiger partial charge in [-0.2, -0.15) is 0 Å². The van der Waals surface area contributed by atoms with Crippen LogP contribution in [-0.2, 0) is 0 Å². The Balaban J connectivity index is 2.13. The molecule has 0 unspecified atom stereocenters. The fourth-order valence-electron chi connectivity index (χ4n) is 7.26. The standard InChI is InChI=1S/C38H59O2P/c1-25(2)28-23-31(26(3)4)35(32(24-28)27(5)6)36-33(39-10)21-22-34(40-38(7,8)9)37(36)41(29-17-13-11-14-18-29)30-19-15-12-16-20-30/h21-27,29-30H,11-20H2,1-10H3. The van der Waals surface area contributed by atoms with E-state index >= 15 is 0 Å². The van der Waals surface area contributed by atoms with Gasteiger partial charge in [-0.25, -0.2) is 0 Å². The Kier molecular flexibility index (Phi) is 10.9. The highest BCUT2D eigenvalue weighted by Crippen LogP contribution is 2.59. The van der Waals surface area contributed by atoms with E-state index in [1.807, 2.05) is 7.11 Å². The predicted molar refractivity (Wildman–Crippen MR) is 181 cm³/mol. The third-order valence-corrected chi connectivity index (χ3v) is 12.9. The summed E-state index contributed by atoms with van der Waals surface area (Å²) >= 11 is 0. The van der Waals surface area contributed by atoms with Crippen molar-refractivity contribution in [1.29, 1.82) is 0 Å². The molecule has 4 rings (SSSR count). The van der Waals surface area contributed by atoms with Crippen molar-refractivity contribution in [2.24, 2.45) is 0 Å². The number of benzene rings is 2. The second-order valence-electron chi connectivity index (χ2n) is 14.7. The normalized spacial score (nSPS) is 17.7. The summed E-state index contributed by atoms with van der Waals surface area (Å²) in [6, 6.07) is 9.50. The zero-order valence-corrected chi connectivity index (χ0v) is 28.9. The molecule has 3 heteroatoms. The van der Waals surface area contributed by atoms with Gasteiger partial charge in [0.25, 0.3) is 0 Å². The van der Waals surface area contributed by atoms with Crippen LogP contribution < -0.4 is 14.8 Å². The van der Waals surface area contributed by atoms with Gasteiger partial charge >= 0.3 is 0 Å². The molecule has 2 nitrogen and oxygen atoms in total. The van der Waals surface area contributed by atoms with Crippen molar-refractivity contribution in [3.05, 3.63) is 41.0 Å². The SMILES string of the molecule is COc1ccc(OC(C)(C)C)c(P(C2CCCCC2)C2CCCCC2)c1-c1c(C(C)C)cc(C(C)C)cc1C(C)C. The van der Waals surface area contributed by atoms with Crippen molar-refractivity contribution in [3.63, 3.8) is 0 Å². The lowest BCUT2D eigenvalue weighted by molar-refractivity contribution is 0.132. The van der Waals surface area contributed by atoms with E-state index in [4.69, 9.17) is 9.47 Å². The van der Waals surface area contributed by atoms with Gasteiger partial charge in [0.2, 0.25) is 0 Å². The van der Waals surface area contributed by atoms with E-state index in [0.717, 1.165) is 22.8 Å². The molecule has 2 aliphatic rings. The zero-order valence-electron chi connectivity index (χ0n) is 28.0. The number of hydrogen-bond donors (Lipinski definition) is 0. The van der Waals surface area contributed by atoms with Gasteiger partial charge in [-0.3, -0.25) is 0 Å². The highest BCUT2D eigenvalue weighted by atomic mass is 31.1. The number of ether oxygens (including phenoxy) is 2. The monoisotopic (exact) mass is 578 g/mol. The Morgan fingerprint density at radius 2 is 1.12 bits per heavy atom. The lowest BCUT2D eigenvalue weighted by atomic mass is 9.81. The molecule has 228 valence electrons. The van der Waals surface area contributed by atoms with Crippen molar-refractivity contribution in [1.82, 2.24) is 0 Å². The van der Waals surface area contributed by atoms with Gasteiger partial charge in [0, 0.05) is 10.9 Å². The Bertz CT molecular complexity index is 1100. The van der Waals surface area contributed by atoms with Crippen LogP contribution in [0.15, 0.2) is 24.3 Å². The van der Waals surface area contributed by atoms with Crippen LogP contribution in [0.1, 0.15) is 161 Å². The first-order valence-corrected chi connectivity index (χ1v) is 18.3. The Morgan fingerprint density at radius 3 is 1.51 bits per heavy atom. The molecule has 41 heavy (non-hydrogen) atoms. The molecule has 0 bridgehead atoms. The maximum atomic E-state index is 6.98. The van der Waals surface area contributed by atoms with E-state index in [-0.39, 0.29) is 5.60 Å². The van der Waals surface area contributed by atoms with Crippen LogP contribution in [0.4, 0.5) is 0 Å². The van der Waals surface area contributed by atoms with E-state index in [1.54, 1.807) is 0 Å². The maximum absolute atomic E-state index is 6.98. The first-order valence-electron chi connectivity index (χ1n) is 16.8. The predicted octanol–water partition coefficient (Wildman–Crippen LogP) is 11.7. The summed E-state index contributed by atoms with van der Waals surface area (Å²) in [6.07, 6.45) is 13.8. The minimum atomic E-state index is -0.421. The largest absolute Gasteiger partial charge is 0.496 e. The third kappa shape index (κ3) is 7.52. The van der Waals surface area contributed by atoms with Crippen molar-refractivity contribution >= 4 is 13.2 Å². The summed E-state index contributed by atoms with van der Waals surface area (Å²) < 4.78 is 13.3. The average Bonchev–Trinajstić information content (AvgIpc) is 2.93. The molecule has 0 amide bonds. The minimum absolute atomic E-state index is 0.260. The van der Waals surface area contributed by atoms with Crippen molar-refractivity contribution in [2.45, 2.75) is 161 Å². The minimum Gasteiger partial charge on any atom is -0.496 e. The molecule has 2 saturated carbocycles. The van der Waals surface area contributed by atoms with Gasteiger partial charge < -0.3 is 9.47 Å². The van der Waals surface area contributed by atoms with E-state index in [9.17, 15) is 0 Å². The summed E-state index contributed by atoms with van der Waals surface area (Å²) in [7, 11) is 1.46. The van der Waals surface area contributed by atoms with E-state index in [1.165, 1.54) is 97.3 Å². The number of methoxy groups -OCH3 is 1. The molecule has 0 aromatic heterocycles. The van der Waals surface area contributed by atoms with Crippen LogP contribution in [0.3, 0.4) is 0 Å². The second-order valence-corrected chi connectivity index (χ2v) is 17.5. The van der Waals surface area contributed by atoms with E-state index < -0.39 is 7.92 Å². The van der Waals surface area contributed by atoms with Crippen LogP contribution in [0, 0.1) is 0 Å². The van der Waals surface area contributed by atoms with Crippen LogP contribution in [-0.4, -0.2) is 24.0 Å². The first-order chi connectivity index (χ1) is 19.4. The van der Waals surface area contributed by atoms with Crippen LogP contribution >= 0.6 is 7.92 Å². The van der Waals surface area contributed by atoms with Crippen LogP contribution in [0.2, 0.25) is 0 Å². The van der Waals surface area contributed by atoms with Gasteiger partial charge in [0.15, 0.2) is 0 Å². The summed E-state index contributed by atoms with van der Waals surface area (Å²) in [6.45, 7) is 20.8. The van der Waals surface area contributed by atoms with Crippen LogP contribution in [0.25, 0.3) is 11.1 Å². The molecule has 2 aromatic carbocycles. The first kappa shape index (κ1) is 32.4. The number of rotatable bonds is 9. The molecule has 2 fully saturated rings. The fourth-order valence-corrected chi connectivity index (χ4v) is 11.3. The van der Waals surface area contributed by atoms with Gasteiger partial charge in [-0.1, -0.05) is 100 Å². The number of hydrogen-bond acceptors (Lipinski definition) is 2. The molecular weight excluding hydrogens is 519 g/mol. The molecule has 2 aromatic rings. The smallest absolute Gasteiger partial charge is 0.128 e. The second kappa shape index (κ2) is 13.8. The molecule has 0 saturated heterocycles. The lowest BCUT2D eigenvalue weighted by Gasteiger charge is -2.41. The highest BCUT2D eigenvalue weighted by molar-refractivity contribution is 7.67. The van der Waals surface area contributed by atoms with Gasteiger partial charge in [-0.15, -0.1) is 0 Å². The molecule has 0 atom stereocenters. The third-order valence-electron chi connectivity index (χ3n) is 9.32. The van der Waals surface area contributed by atoms with Gasteiger partial charge in [0.1, 0.15) is 17.1 Å². The molecule has 0 heterocycles. The fraction of sp³-hybridized carbons (Fsp3) is 0.684. The van der Waals surface area contributed by atoms with E-state index in [2.05, 4.69) is 86.6 Å². The lowest BCUT2D eigenvalue weighted by Crippen LogP contribution is -2.31. The summed E-state index contributed by atoms with van der Waals surface area (Å²) in [4.78, 5) is 0. The quantitative estimate of drug-likeness (QED) is 0.276. The Labute approximate surface area is 254 Å². The highest BCUT2D eigenvalue weighted by Gasteiger charge is 2.38. The molecular formula is C38H59O2P. The average molecular weight is 579 g/mol. The summed E-state index contributed by atoms with van der Waals surface area (Å²) in [5, 5.41) is 1.52. The molecule has 2 aliphatic carbocycles. The van der Waals surface area contributed by atoms with E-state index in [0.29, 0.717) is 17.8 Å². The Hall–Kier alpha value is -1.53. The van der Waals surface area contributed by atoms with Crippen molar-refractivity contribution in [3.8, 4) is 22.6 Å². The van der Waals surface area contributed by atoms with Crippen molar-refractivity contribution < 1.29 is 9.47 Å². The van der Waals surface area contributed by atoms with Crippen LogP contribution in [0.5, 0.6) is 11.5 Å². The summed E-state index contributed by atoms with van der Waals surface area (Å²) in [5.74, 6) is 3.48. The zero-order chi connectivity index (χ0) is 29.9. The molecule has 0 radical (unpaired) electrons.